The highest BCUT2D eigenvalue weighted by molar-refractivity contribution is 7.16. The second kappa shape index (κ2) is 11.4. The Kier molecular flexibility index (Phi) is 8.32. The molecule has 3 rings (SSSR count). The summed E-state index contributed by atoms with van der Waals surface area (Å²) in [5, 5.41) is 3.19. The molecule has 0 aliphatic rings. The maximum absolute atomic E-state index is 13.3. The summed E-state index contributed by atoms with van der Waals surface area (Å²) in [6.45, 7) is 5.68. The zero-order valence-corrected chi connectivity index (χ0v) is 19.8. The van der Waals surface area contributed by atoms with Crippen molar-refractivity contribution >= 4 is 39.9 Å². The van der Waals surface area contributed by atoms with Gasteiger partial charge in [-0.3, -0.25) is 14.5 Å². The summed E-state index contributed by atoms with van der Waals surface area (Å²) in [5.74, 6) is -0.758. The average Bonchev–Trinajstić information content (AvgIpc) is 3.17. The van der Waals surface area contributed by atoms with Gasteiger partial charge in [-0.2, -0.15) is 0 Å². The monoisotopic (exact) mass is 465 g/mol. The molecular formula is C25H27N3O4S. The molecule has 172 valence electrons. The van der Waals surface area contributed by atoms with Crippen LogP contribution in [0.4, 0.5) is 10.8 Å². The van der Waals surface area contributed by atoms with Crippen molar-refractivity contribution in [2.45, 2.75) is 33.6 Å². The lowest BCUT2D eigenvalue weighted by atomic mass is 10.1. The molecule has 0 saturated carbocycles. The lowest BCUT2D eigenvalue weighted by Crippen LogP contribution is -2.34. The highest BCUT2D eigenvalue weighted by Gasteiger charge is 2.24. The summed E-state index contributed by atoms with van der Waals surface area (Å²) in [7, 11) is 0. The zero-order valence-electron chi connectivity index (χ0n) is 19.0. The second-order valence-corrected chi connectivity index (χ2v) is 8.64. The zero-order chi connectivity index (χ0) is 23.8. The number of amides is 2. The van der Waals surface area contributed by atoms with Crippen LogP contribution in [-0.4, -0.2) is 35.9 Å². The fourth-order valence-corrected chi connectivity index (χ4v) is 4.22. The molecule has 0 aliphatic heterocycles. The highest BCUT2D eigenvalue weighted by Crippen LogP contribution is 2.27. The summed E-state index contributed by atoms with van der Waals surface area (Å²) in [6.07, 6.45) is 0.823. The first-order valence-electron chi connectivity index (χ1n) is 10.7. The number of benzene rings is 2. The Morgan fingerprint density at radius 2 is 1.73 bits per heavy atom. The molecule has 8 heteroatoms. The van der Waals surface area contributed by atoms with Crippen LogP contribution in [0.15, 0.2) is 54.6 Å². The number of aryl methyl sites for hydroxylation is 1. The van der Waals surface area contributed by atoms with Gasteiger partial charge in [0.15, 0.2) is 10.8 Å². The molecule has 0 unspecified atom stereocenters. The van der Waals surface area contributed by atoms with Gasteiger partial charge in [-0.1, -0.05) is 42.5 Å². The third-order valence-electron chi connectivity index (χ3n) is 4.88. The van der Waals surface area contributed by atoms with Crippen LogP contribution >= 0.6 is 11.3 Å². The SMILES string of the molecule is CCOC(=O)c1nc(N(CCc2ccccc2)C(=O)Cc2ccc(NC(C)=O)cc2)sc1C. The van der Waals surface area contributed by atoms with Crippen LogP contribution in [0.3, 0.4) is 0 Å². The fourth-order valence-electron chi connectivity index (χ4n) is 3.28. The molecule has 2 amide bonds. The largest absolute Gasteiger partial charge is 0.461 e. The number of hydrogen-bond donors (Lipinski definition) is 1. The van der Waals surface area contributed by atoms with Gasteiger partial charge in [0.05, 0.1) is 13.0 Å². The third kappa shape index (κ3) is 6.73. The minimum absolute atomic E-state index is 0.123. The van der Waals surface area contributed by atoms with Crippen molar-refractivity contribution in [3.63, 3.8) is 0 Å². The van der Waals surface area contributed by atoms with Crippen LogP contribution in [0.25, 0.3) is 0 Å². The first-order chi connectivity index (χ1) is 15.9. The molecule has 2 aromatic carbocycles. The normalized spacial score (nSPS) is 10.5. The van der Waals surface area contributed by atoms with E-state index < -0.39 is 5.97 Å². The highest BCUT2D eigenvalue weighted by atomic mass is 32.1. The number of thiazole rings is 1. The number of nitrogens with one attached hydrogen (secondary N) is 1. The molecule has 0 fully saturated rings. The maximum Gasteiger partial charge on any atom is 0.358 e. The average molecular weight is 466 g/mol. The first kappa shape index (κ1) is 24.1. The topological polar surface area (TPSA) is 88.6 Å². The van der Waals surface area contributed by atoms with E-state index >= 15 is 0 Å². The number of rotatable bonds is 9. The van der Waals surface area contributed by atoms with Gasteiger partial charge in [0.2, 0.25) is 11.8 Å². The summed E-state index contributed by atoms with van der Waals surface area (Å²) >= 11 is 1.31. The molecule has 3 aromatic rings. The Labute approximate surface area is 197 Å². The van der Waals surface area contributed by atoms with E-state index in [-0.39, 0.29) is 30.5 Å². The van der Waals surface area contributed by atoms with Crippen molar-refractivity contribution in [2.24, 2.45) is 0 Å². The third-order valence-corrected chi connectivity index (χ3v) is 5.88. The van der Waals surface area contributed by atoms with Crippen molar-refractivity contribution in [3.8, 4) is 0 Å². The Balaban J connectivity index is 1.82. The summed E-state index contributed by atoms with van der Waals surface area (Å²) in [5.41, 5.74) is 2.84. The van der Waals surface area contributed by atoms with Crippen molar-refractivity contribution in [1.29, 1.82) is 0 Å². The van der Waals surface area contributed by atoms with E-state index in [1.54, 1.807) is 30.9 Å². The number of carbonyl (C=O) groups excluding carboxylic acids is 3. The Bertz CT molecular complexity index is 1110. The molecule has 1 aromatic heterocycles. The van der Waals surface area contributed by atoms with Crippen molar-refractivity contribution in [3.05, 3.63) is 76.3 Å². The molecule has 7 nitrogen and oxygen atoms in total. The van der Waals surface area contributed by atoms with Crippen molar-refractivity contribution in [2.75, 3.05) is 23.4 Å². The van der Waals surface area contributed by atoms with Crippen LogP contribution in [0, 0.1) is 6.92 Å². The van der Waals surface area contributed by atoms with E-state index in [9.17, 15) is 14.4 Å². The van der Waals surface area contributed by atoms with Gasteiger partial charge >= 0.3 is 5.97 Å². The second-order valence-electron chi connectivity index (χ2n) is 7.46. The van der Waals surface area contributed by atoms with Crippen LogP contribution in [0.1, 0.15) is 40.3 Å². The van der Waals surface area contributed by atoms with Crippen LogP contribution in [0.5, 0.6) is 0 Å². The van der Waals surface area contributed by atoms with Crippen LogP contribution in [-0.2, 0) is 27.2 Å². The molecular weight excluding hydrogens is 438 g/mol. The predicted molar refractivity (Wildman–Crippen MR) is 130 cm³/mol. The Morgan fingerprint density at radius 1 is 1.03 bits per heavy atom. The van der Waals surface area contributed by atoms with E-state index in [1.807, 2.05) is 42.5 Å². The number of carbonyl (C=O) groups is 3. The van der Waals surface area contributed by atoms with E-state index in [0.29, 0.717) is 28.7 Å². The number of esters is 1. The van der Waals surface area contributed by atoms with E-state index in [2.05, 4.69) is 10.3 Å². The number of nitrogens with zero attached hydrogens (tertiary/aromatic N) is 2. The van der Waals surface area contributed by atoms with Crippen LogP contribution < -0.4 is 10.2 Å². The van der Waals surface area contributed by atoms with Crippen LogP contribution in [0.2, 0.25) is 0 Å². The quantitative estimate of drug-likeness (QED) is 0.473. The maximum atomic E-state index is 13.3. The molecule has 1 heterocycles. The smallest absolute Gasteiger partial charge is 0.358 e. The number of hydrogen-bond acceptors (Lipinski definition) is 6. The van der Waals surface area contributed by atoms with Gasteiger partial charge in [-0.25, -0.2) is 9.78 Å². The molecule has 0 atom stereocenters. The Morgan fingerprint density at radius 3 is 2.36 bits per heavy atom. The molecule has 0 radical (unpaired) electrons. The molecule has 0 spiro atoms. The Hall–Kier alpha value is -3.52. The minimum Gasteiger partial charge on any atom is -0.461 e. The number of anilines is 2. The molecule has 33 heavy (non-hydrogen) atoms. The lowest BCUT2D eigenvalue weighted by Gasteiger charge is -2.20. The molecule has 0 bridgehead atoms. The van der Waals surface area contributed by atoms with Crippen molar-refractivity contribution in [1.82, 2.24) is 4.98 Å². The van der Waals surface area contributed by atoms with Gasteiger partial charge < -0.3 is 10.1 Å². The van der Waals surface area contributed by atoms with Gasteiger partial charge in [-0.15, -0.1) is 11.3 Å². The van der Waals surface area contributed by atoms with Crippen molar-refractivity contribution < 1.29 is 19.1 Å². The standard InChI is InChI=1S/C25H27N3O4S/c1-4-32-24(31)23-17(2)33-25(27-23)28(15-14-19-8-6-5-7-9-19)22(30)16-20-10-12-21(13-11-20)26-18(3)29/h5-13H,4,14-16H2,1-3H3,(H,26,29). The fraction of sp³-hybridized carbons (Fsp3) is 0.280. The first-order valence-corrected chi connectivity index (χ1v) is 11.5. The van der Waals surface area contributed by atoms with Gasteiger partial charge in [-0.05, 0) is 43.5 Å². The number of aromatic nitrogens is 1. The molecule has 0 aliphatic carbocycles. The minimum atomic E-state index is -0.485. The van der Waals surface area contributed by atoms with E-state index in [1.165, 1.54) is 18.3 Å². The van der Waals surface area contributed by atoms with Gasteiger partial charge in [0.25, 0.3) is 0 Å². The van der Waals surface area contributed by atoms with E-state index in [0.717, 1.165) is 11.1 Å². The summed E-state index contributed by atoms with van der Waals surface area (Å²) in [6, 6.07) is 17.1. The number of ether oxygens (including phenoxy) is 1. The summed E-state index contributed by atoms with van der Waals surface area (Å²) < 4.78 is 5.10. The predicted octanol–water partition coefficient (Wildman–Crippen LogP) is 4.41. The van der Waals surface area contributed by atoms with E-state index in [4.69, 9.17) is 4.74 Å². The van der Waals surface area contributed by atoms with Gasteiger partial charge in [0.1, 0.15) is 0 Å². The van der Waals surface area contributed by atoms with Gasteiger partial charge in [0, 0.05) is 24.0 Å². The molecule has 0 saturated heterocycles. The lowest BCUT2D eigenvalue weighted by molar-refractivity contribution is -0.118. The summed E-state index contributed by atoms with van der Waals surface area (Å²) in [4.78, 5) is 43.6. The molecule has 1 N–H and O–H groups in total.